The van der Waals surface area contributed by atoms with E-state index in [9.17, 15) is 4.79 Å². The average Bonchev–Trinajstić information content (AvgIpc) is 2.90. The van der Waals surface area contributed by atoms with Crippen LogP contribution >= 0.6 is 0 Å². The molecule has 4 N–H and O–H groups in total. The molecule has 2 rings (SSSR count). The number of aromatic nitrogens is 3. The van der Waals surface area contributed by atoms with Gasteiger partial charge in [-0.15, -0.1) is 0 Å². The Morgan fingerprint density at radius 1 is 1.79 bits per heavy atom. The Balaban J connectivity index is 1.77. The average molecular weight is 195 g/mol. The summed E-state index contributed by atoms with van der Waals surface area (Å²) in [5, 5.41) is 12.3. The predicted octanol–water partition coefficient (Wildman–Crippen LogP) is -0.728. The first-order valence-corrected chi connectivity index (χ1v) is 4.67. The van der Waals surface area contributed by atoms with Crippen LogP contribution in [0.3, 0.4) is 0 Å². The topological polar surface area (TPSA) is 96.7 Å². The molecule has 1 aromatic heterocycles. The van der Waals surface area contributed by atoms with Crippen LogP contribution in [0.4, 0.5) is 0 Å². The maximum Gasteiger partial charge on any atom is 0.273 e. The zero-order chi connectivity index (χ0) is 9.97. The summed E-state index contributed by atoms with van der Waals surface area (Å²) < 4.78 is 0. The number of carbonyl (C=O) groups is 1. The molecule has 6 heteroatoms. The summed E-state index contributed by atoms with van der Waals surface area (Å²) in [5.74, 6) is 0.363. The van der Waals surface area contributed by atoms with Gasteiger partial charge in [0.1, 0.15) is 0 Å². The molecule has 6 nitrogen and oxygen atoms in total. The molecule has 76 valence electrons. The van der Waals surface area contributed by atoms with Gasteiger partial charge in [0.05, 0.1) is 6.20 Å². The second-order valence-corrected chi connectivity index (χ2v) is 3.57. The Morgan fingerprint density at radius 2 is 2.57 bits per heavy atom. The fourth-order valence-corrected chi connectivity index (χ4v) is 1.30. The van der Waals surface area contributed by atoms with Gasteiger partial charge in [0, 0.05) is 12.6 Å². The van der Waals surface area contributed by atoms with Crippen molar-refractivity contribution in [1.82, 2.24) is 20.7 Å². The largest absolute Gasteiger partial charge is 0.349 e. The van der Waals surface area contributed by atoms with E-state index in [1.807, 2.05) is 0 Å². The van der Waals surface area contributed by atoms with Crippen molar-refractivity contribution in [2.24, 2.45) is 11.7 Å². The minimum Gasteiger partial charge on any atom is -0.349 e. The zero-order valence-electron chi connectivity index (χ0n) is 7.73. The van der Waals surface area contributed by atoms with Gasteiger partial charge in [-0.2, -0.15) is 15.4 Å². The molecular formula is C8H13N5O. The molecule has 0 aliphatic heterocycles. The Kier molecular flexibility index (Phi) is 2.45. The van der Waals surface area contributed by atoms with Crippen LogP contribution < -0.4 is 11.1 Å². The lowest BCUT2D eigenvalue weighted by molar-refractivity contribution is 0.0945. The number of nitrogens with one attached hydrogen (secondary N) is 2. The number of hydrogen-bond donors (Lipinski definition) is 3. The molecule has 0 saturated heterocycles. The van der Waals surface area contributed by atoms with E-state index < -0.39 is 0 Å². The summed E-state index contributed by atoms with van der Waals surface area (Å²) >= 11 is 0. The van der Waals surface area contributed by atoms with Crippen LogP contribution in [0, 0.1) is 5.92 Å². The molecule has 1 fully saturated rings. The zero-order valence-corrected chi connectivity index (χ0v) is 7.73. The van der Waals surface area contributed by atoms with Crippen LogP contribution in [-0.4, -0.2) is 33.9 Å². The van der Waals surface area contributed by atoms with Crippen LogP contribution in [-0.2, 0) is 0 Å². The molecular weight excluding hydrogens is 182 g/mol. The van der Waals surface area contributed by atoms with Crippen LogP contribution in [0.1, 0.15) is 23.3 Å². The highest BCUT2D eigenvalue weighted by molar-refractivity contribution is 5.91. The molecule has 1 amide bonds. The van der Waals surface area contributed by atoms with E-state index in [1.54, 1.807) is 0 Å². The SMILES string of the molecule is NC(CNC(=O)c1cn[nH]n1)C1CC1. The van der Waals surface area contributed by atoms with Crippen molar-refractivity contribution in [3.63, 3.8) is 0 Å². The number of H-pyrrole nitrogens is 1. The summed E-state index contributed by atoms with van der Waals surface area (Å²) in [6, 6.07) is 0.0749. The highest BCUT2D eigenvalue weighted by atomic mass is 16.1. The lowest BCUT2D eigenvalue weighted by atomic mass is 10.2. The fourth-order valence-electron chi connectivity index (χ4n) is 1.30. The third-order valence-corrected chi connectivity index (χ3v) is 2.37. The number of hydrogen-bond acceptors (Lipinski definition) is 4. The van der Waals surface area contributed by atoms with Crippen molar-refractivity contribution in [2.75, 3.05) is 6.54 Å². The maximum atomic E-state index is 11.4. The maximum absolute atomic E-state index is 11.4. The van der Waals surface area contributed by atoms with Crippen LogP contribution in [0.5, 0.6) is 0 Å². The lowest BCUT2D eigenvalue weighted by Crippen LogP contribution is -2.38. The number of nitrogens with zero attached hydrogens (tertiary/aromatic N) is 2. The second-order valence-electron chi connectivity index (χ2n) is 3.57. The second kappa shape index (κ2) is 3.75. The number of nitrogens with two attached hydrogens (primary N) is 1. The Hall–Kier alpha value is -1.43. The normalized spacial score (nSPS) is 17.8. The minimum absolute atomic E-state index is 0.0749. The van der Waals surface area contributed by atoms with Gasteiger partial charge >= 0.3 is 0 Å². The van der Waals surface area contributed by atoms with Gasteiger partial charge in [-0.3, -0.25) is 4.79 Å². The molecule has 1 saturated carbocycles. The van der Waals surface area contributed by atoms with Gasteiger partial charge in [-0.25, -0.2) is 0 Å². The summed E-state index contributed by atoms with van der Waals surface area (Å²) in [6.07, 6.45) is 3.75. The number of carbonyl (C=O) groups excluding carboxylic acids is 1. The highest BCUT2D eigenvalue weighted by Crippen LogP contribution is 2.31. The molecule has 0 radical (unpaired) electrons. The van der Waals surface area contributed by atoms with Gasteiger partial charge in [0.15, 0.2) is 5.69 Å². The summed E-state index contributed by atoms with van der Waals surface area (Å²) in [6.45, 7) is 0.510. The van der Waals surface area contributed by atoms with Gasteiger partial charge in [0.2, 0.25) is 0 Å². The van der Waals surface area contributed by atoms with Crippen LogP contribution in [0.25, 0.3) is 0 Å². The molecule has 0 bridgehead atoms. The molecule has 1 atom stereocenters. The van der Waals surface area contributed by atoms with E-state index in [2.05, 4.69) is 20.7 Å². The fraction of sp³-hybridized carbons (Fsp3) is 0.625. The Bertz CT molecular complexity index is 306. The Morgan fingerprint density at radius 3 is 3.14 bits per heavy atom. The van der Waals surface area contributed by atoms with E-state index in [4.69, 9.17) is 5.73 Å². The van der Waals surface area contributed by atoms with Crippen molar-refractivity contribution in [2.45, 2.75) is 18.9 Å². The summed E-state index contributed by atoms with van der Waals surface area (Å²) in [5.41, 5.74) is 6.12. The van der Waals surface area contributed by atoms with Crippen molar-refractivity contribution < 1.29 is 4.79 Å². The number of amides is 1. The van der Waals surface area contributed by atoms with E-state index >= 15 is 0 Å². The van der Waals surface area contributed by atoms with E-state index in [0.29, 0.717) is 18.2 Å². The van der Waals surface area contributed by atoms with Crippen LogP contribution in [0.2, 0.25) is 0 Å². The van der Waals surface area contributed by atoms with Gasteiger partial charge in [0.25, 0.3) is 5.91 Å². The van der Waals surface area contributed by atoms with E-state index in [0.717, 1.165) is 0 Å². The minimum atomic E-state index is -0.227. The third-order valence-electron chi connectivity index (χ3n) is 2.37. The molecule has 1 unspecified atom stereocenters. The van der Waals surface area contributed by atoms with E-state index in [-0.39, 0.29) is 11.9 Å². The van der Waals surface area contributed by atoms with E-state index in [1.165, 1.54) is 19.0 Å². The Labute approximate surface area is 81.3 Å². The smallest absolute Gasteiger partial charge is 0.273 e. The van der Waals surface area contributed by atoms with Gasteiger partial charge in [-0.1, -0.05) is 0 Å². The standard InChI is InChI=1S/C8H13N5O/c9-6(5-1-2-5)3-10-8(14)7-4-11-13-12-7/h4-6H,1-3,9H2,(H,10,14)(H,11,12,13). The van der Waals surface area contributed by atoms with Crippen molar-refractivity contribution >= 4 is 5.91 Å². The lowest BCUT2D eigenvalue weighted by Gasteiger charge is -2.09. The molecule has 0 spiro atoms. The van der Waals surface area contributed by atoms with Gasteiger partial charge in [-0.05, 0) is 18.8 Å². The molecule has 1 aliphatic rings. The van der Waals surface area contributed by atoms with Crippen molar-refractivity contribution in [3.05, 3.63) is 11.9 Å². The van der Waals surface area contributed by atoms with Crippen molar-refractivity contribution in [3.8, 4) is 0 Å². The first-order valence-electron chi connectivity index (χ1n) is 4.67. The van der Waals surface area contributed by atoms with Crippen LogP contribution in [0.15, 0.2) is 6.20 Å². The monoisotopic (exact) mass is 195 g/mol. The molecule has 1 aromatic rings. The predicted molar refractivity (Wildman–Crippen MR) is 49.4 cm³/mol. The molecule has 14 heavy (non-hydrogen) atoms. The quantitative estimate of drug-likeness (QED) is 0.590. The third kappa shape index (κ3) is 2.08. The molecule has 0 aromatic carbocycles. The molecule has 1 aliphatic carbocycles. The van der Waals surface area contributed by atoms with Gasteiger partial charge < -0.3 is 11.1 Å². The van der Waals surface area contributed by atoms with Crippen molar-refractivity contribution in [1.29, 1.82) is 0 Å². The summed E-state index contributed by atoms with van der Waals surface area (Å²) in [4.78, 5) is 11.4. The summed E-state index contributed by atoms with van der Waals surface area (Å²) in [7, 11) is 0. The first-order chi connectivity index (χ1) is 6.77. The number of rotatable bonds is 4. The molecule has 1 heterocycles. The number of aromatic amines is 1. The first kappa shape index (κ1) is 9.14. The highest BCUT2D eigenvalue weighted by Gasteiger charge is 2.28.